The van der Waals surface area contributed by atoms with Gasteiger partial charge in [0.25, 0.3) is 0 Å². The third-order valence-corrected chi connectivity index (χ3v) is 4.92. The number of hydrogen-bond donors (Lipinski definition) is 2. The predicted octanol–water partition coefficient (Wildman–Crippen LogP) is 3.22. The fourth-order valence-corrected chi connectivity index (χ4v) is 3.70. The van der Waals surface area contributed by atoms with Gasteiger partial charge in [0, 0.05) is 22.9 Å². The molecular formula is C14H19NOS. The van der Waals surface area contributed by atoms with E-state index < -0.39 is 0 Å². The van der Waals surface area contributed by atoms with E-state index in [1.807, 2.05) is 11.8 Å². The van der Waals surface area contributed by atoms with Gasteiger partial charge in [-0.1, -0.05) is 6.07 Å². The first kappa shape index (κ1) is 11.4. The summed E-state index contributed by atoms with van der Waals surface area (Å²) in [7, 11) is 0. The van der Waals surface area contributed by atoms with Crippen LogP contribution in [0.3, 0.4) is 0 Å². The summed E-state index contributed by atoms with van der Waals surface area (Å²) in [4.78, 5) is 1.39. The Hall–Kier alpha value is -0.670. The fourth-order valence-electron chi connectivity index (χ4n) is 2.82. The summed E-state index contributed by atoms with van der Waals surface area (Å²) in [6.07, 6.45) is 4.13. The second kappa shape index (κ2) is 4.91. The molecule has 2 aliphatic rings. The van der Waals surface area contributed by atoms with Gasteiger partial charge in [-0.3, -0.25) is 0 Å². The maximum Gasteiger partial charge on any atom is 0.0540 e. The Kier molecular flexibility index (Phi) is 3.30. The molecule has 0 amide bonds. The highest BCUT2D eigenvalue weighted by Crippen LogP contribution is 2.37. The van der Waals surface area contributed by atoms with E-state index in [9.17, 15) is 5.11 Å². The fraction of sp³-hybridized carbons (Fsp3) is 0.571. The Balaban J connectivity index is 1.79. The smallest absolute Gasteiger partial charge is 0.0540 e. The number of nitrogens with one attached hydrogen (secondary N) is 1. The van der Waals surface area contributed by atoms with Crippen molar-refractivity contribution in [2.24, 2.45) is 0 Å². The highest BCUT2D eigenvalue weighted by atomic mass is 32.2. The lowest BCUT2D eigenvalue weighted by molar-refractivity contribution is 0.122. The maximum atomic E-state index is 9.55. The Labute approximate surface area is 107 Å². The normalized spacial score (nSPS) is 28.3. The number of aliphatic hydroxyl groups excluding tert-OH is 1. The van der Waals surface area contributed by atoms with Crippen LogP contribution in [0.1, 0.15) is 37.2 Å². The summed E-state index contributed by atoms with van der Waals surface area (Å²) in [5, 5.41) is 13.0. The van der Waals surface area contributed by atoms with Crippen molar-refractivity contribution >= 4 is 17.4 Å². The maximum absolute atomic E-state index is 9.55. The van der Waals surface area contributed by atoms with E-state index in [-0.39, 0.29) is 6.10 Å². The van der Waals surface area contributed by atoms with Gasteiger partial charge in [0.05, 0.1) is 6.10 Å². The molecule has 1 aromatic rings. The minimum Gasteiger partial charge on any atom is -0.393 e. The summed E-state index contributed by atoms with van der Waals surface area (Å²) in [5.41, 5.74) is 2.76. The number of fused-ring (bicyclic) bond motifs is 1. The Morgan fingerprint density at radius 3 is 2.82 bits per heavy atom. The number of aliphatic hydroxyl groups is 1. The van der Waals surface area contributed by atoms with Crippen molar-refractivity contribution in [3.63, 3.8) is 0 Å². The second-order valence-electron chi connectivity index (χ2n) is 5.04. The van der Waals surface area contributed by atoms with E-state index in [2.05, 4.69) is 23.5 Å². The van der Waals surface area contributed by atoms with Gasteiger partial charge in [-0.15, -0.1) is 11.8 Å². The average Bonchev–Trinajstić information content (AvgIpc) is 2.39. The summed E-state index contributed by atoms with van der Waals surface area (Å²) >= 11 is 1.94. The van der Waals surface area contributed by atoms with Crippen LogP contribution in [0.2, 0.25) is 0 Å². The van der Waals surface area contributed by atoms with Crippen LogP contribution >= 0.6 is 11.8 Å². The molecule has 3 heteroatoms. The van der Waals surface area contributed by atoms with E-state index in [4.69, 9.17) is 0 Å². The lowest BCUT2D eigenvalue weighted by atomic mass is 9.83. The van der Waals surface area contributed by atoms with Crippen molar-refractivity contribution < 1.29 is 5.11 Å². The van der Waals surface area contributed by atoms with E-state index in [1.165, 1.54) is 21.9 Å². The number of thioether (sulfide) groups is 1. The van der Waals surface area contributed by atoms with Gasteiger partial charge in [0.2, 0.25) is 0 Å². The molecule has 1 heterocycles. The van der Waals surface area contributed by atoms with Crippen LogP contribution in [0.25, 0.3) is 0 Å². The first-order valence-corrected chi connectivity index (χ1v) is 7.50. The molecule has 1 aromatic carbocycles. The largest absolute Gasteiger partial charge is 0.393 e. The third kappa shape index (κ3) is 2.45. The molecule has 17 heavy (non-hydrogen) atoms. The zero-order valence-corrected chi connectivity index (χ0v) is 10.8. The van der Waals surface area contributed by atoms with E-state index in [1.54, 1.807) is 0 Å². The van der Waals surface area contributed by atoms with Crippen LogP contribution in [0.15, 0.2) is 23.1 Å². The van der Waals surface area contributed by atoms with Gasteiger partial charge in [-0.2, -0.15) is 0 Å². The molecule has 0 aromatic heterocycles. The molecule has 0 spiro atoms. The first-order chi connectivity index (χ1) is 8.33. The zero-order valence-electron chi connectivity index (χ0n) is 9.98. The quantitative estimate of drug-likeness (QED) is 0.801. The predicted molar refractivity (Wildman–Crippen MR) is 72.9 cm³/mol. The van der Waals surface area contributed by atoms with Crippen LogP contribution in [0.5, 0.6) is 0 Å². The minimum absolute atomic E-state index is 0.0578. The van der Waals surface area contributed by atoms with E-state index >= 15 is 0 Å². The van der Waals surface area contributed by atoms with Crippen LogP contribution in [0, 0.1) is 0 Å². The molecule has 2 nitrogen and oxygen atoms in total. The summed E-state index contributed by atoms with van der Waals surface area (Å²) < 4.78 is 0. The Morgan fingerprint density at radius 2 is 2.00 bits per heavy atom. The number of hydrogen-bond acceptors (Lipinski definition) is 3. The highest BCUT2D eigenvalue weighted by Gasteiger charge is 2.21. The van der Waals surface area contributed by atoms with Crippen molar-refractivity contribution in [1.82, 2.24) is 0 Å². The van der Waals surface area contributed by atoms with Crippen molar-refractivity contribution in [1.29, 1.82) is 0 Å². The van der Waals surface area contributed by atoms with Gasteiger partial charge in [-0.25, -0.2) is 0 Å². The topological polar surface area (TPSA) is 32.3 Å². The summed E-state index contributed by atoms with van der Waals surface area (Å²) in [6, 6.07) is 6.86. The van der Waals surface area contributed by atoms with Crippen LogP contribution < -0.4 is 5.32 Å². The molecule has 3 rings (SSSR count). The first-order valence-electron chi connectivity index (χ1n) is 6.51. The zero-order chi connectivity index (χ0) is 11.7. The molecule has 0 bridgehead atoms. The molecule has 0 saturated heterocycles. The molecule has 92 valence electrons. The number of rotatable bonds is 1. The third-order valence-electron chi connectivity index (χ3n) is 3.85. The van der Waals surface area contributed by atoms with Gasteiger partial charge in [-0.05, 0) is 49.3 Å². The highest BCUT2D eigenvalue weighted by molar-refractivity contribution is 7.99. The molecule has 1 aliphatic heterocycles. The second-order valence-corrected chi connectivity index (χ2v) is 6.17. The van der Waals surface area contributed by atoms with Crippen LogP contribution in [0.4, 0.5) is 5.69 Å². The summed E-state index contributed by atoms with van der Waals surface area (Å²) in [6.45, 7) is 1.07. The van der Waals surface area contributed by atoms with Crippen molar-refractivity contribution in [2.75, 3.05) is 17.6 Å². The standard InChI is InChI=1S/C14H19NOS/c16-12-4-1-10(2-5-12)11-3-6-14-13(9-11)15-7-8-17-14/h3,6,9-10,12,15-16H,1-2,4-5,7-8H2. The lowest BCUT2D eigenvalue weighted by Crippen LogP contribution is -2.17. The lowest BCUT2D eigenvalue weighted by Gasteiger charge is -2.27. The molecule has 0 unspecified atom stereocenters. The van der Waals surface area contributed by atoms with Gasteiger partial charge in [0.15, 0.2) is 0 Å². The minimum atomic E-state index is -0.0578. The molecule has 0 atom stereocenters. The van der Waals surface area contributed by atoms with Gasteiger partial charge in [0.1, 0.15) is 0 Å². The molecule has 2 N–H and O–H groups in total. The Morgan fingerprint density at radius 1 is 1.18 bits per heavy atom. The van der Waals surface area contributed by atoms with Crippen molar-refractivity contribution in [3.05, 3.63) is 23.8 Å². The van der Waals surface area contributed by atoms with Crippen molar-refractivity contribution in [3.8, 4) is 0 Å². The average molecular weight is 249 g/mol. The van der Waals surface area contributed by atoms with Crippen LogP contribution in [-0.4, -0.2) is 23.5 Å². The summed E-state index contributed by atoms with van der Waals surface area (Å²) in [5.74, 6) is 1.82. The number of benzene rings is 1. The Bertz CT molecular complexity index is 399. The molecule has 0 radical (unpaired) electrons. The molecular weight excluding hydrogens is 230 g/mol. The van der Waals surface area contributed by atoms with Gasteiger partial charge >= 0.3 is 0 Å². The monoisotopic (exact) mass is 249 g/mol. The van der Waals surface area contributed by atoms with E-state index in [0.29, 0.717) is 5.92 Å². The van der Waals surface area contributed by atoms with E-state index in [0.717, 1.165) is 32.2 Å². The van der Waals surface area contributed by atoms with Crippen molar-refractivity contribution in [2.45, 2.75) is 42.6 Å². The van der Waals surface area contributed by atoms with Crippen LogP contribution in [-0.2, 0) is 0 Å². The molecule has 1 fully saturated rings. The van der Waals surface area contributed by atoms with Gasteiger partial charge < -0.3 is 10.4 Å². The molecule has 1 aliphatic carbocycles. The SMILES string of the molecule is OC1CCC(c2ccc3c(c2)NCCS3)CC1. The molecule has 1 saturated carbocycles. The number of anilines is 1.